The third-order valence-electron chi connectivity index (χ3n) is 3.12. The van der Waals surface area contributed by atoms with E-state index in [9.17, 15) is 8.42 Å². The number of aliphatic hydroxyl groups is 1. The first kappa shape index (κ1) is 16.1. The van der Waals surface area contributed by atoms with E-state index in [-0.39, 0.29) is 17.5 Å². The molecule has 5 nitrogen and oxygen atoms in total. The number of aliphatic hydroxyl groups excluding tert-OH is 1. The fourth-order valence-corrected chi connectivity index (χ4v) is 3.38. The van der Waals surface area contributed by atoms with Crippen molar-refractivity contribution in [2.45, 2.75) is 31.4 Å². The predicted molar refractivity (Wildman–Crippen MR) is 73.4 cm³/mol. The lowest BCUT2D eigenvalue weighted by atomic mass is 10.2. The van der Waals surface area contributed by atoms with Crippen molar-refractivity contribution in [3.63, 3.8) is 0 Å². The molecule has 0 aliphatic rings. The van der Waals surface area contributed by atoms with Gasteiger partial charge in [-0.15, -0.1) is 0 Å². The molecule has 1 aromatic carbocycles. The Hall–Kier alpha value is -0.950. The van der Waals surface area contributed by atoms with Crippen LogP contribution in [0.15, 0.2) is 23.1 Å². The molecule has 0 bridgehead atoms. The fraction of sp³-hybridized carbons (Fsp3) is 0.538. The number of hydrogen-bond donors (Lipinski definition) is 1. The Morgan fingerprint density at radius 3 is 2.58 bits per heavy atom. The number of ether oxygens (including phenoxy) is 1. The standard InChI is InChI=1S/C13H21NO4S/c1-10-5-6-12(8-15)7-13(10)19(16,17)14(3)11(2)9-18-4/h5-7,11,15H,8-9H2,1-4H3. The summed E-state index contributed by atoms with van der Waals surface area (Å²) in [7, 11) is -0.513. The number of nitrogens with zero attached hydrogens (tertiary/aromatic N) is 1. The molecule has 1 atom stereocenters. The maximum Gasteiger partial charge on any atom is 0.243 e. The lowest BCUT2D eigenvalue weighted by Gasteiger charge is -2.24. The van der Waals surface area contributed by atoms with E-state index in [1.165, 1.54) is 24.5 Å². The highest BCUT2D eigenvalue weighted by molar-refractivity contribution is 7.89. The van der Waals surface area contributed by atoms with Crippen LogP contribution in [0.4, 0.5) is 0 Å². The molecule has 108 valence electrons. The molecular weight excluding hydrogens is 266 g/mol. The van der Waals surface area contributed by atoms with Gasteiger partial charge in [0.05, 0.1) is 18.1 Å². The minimum atomic E-state index is -3.58. The summed E-state index contributed by atoms with van der Waals surface area (Å²) in [6.45, 7) is 3.67. The van der Waals surface area contributed by atoms with Gasteiger partial charge in [0, 0.05) is 20.2 Å². The minimum Gasteiger partial charge on any atom is -0.392 e. The molecule has 6 heteroatoms. The van der Waals surface area contributed by atoms with Gasteiger partial charge in [-0.05, 0) is 31.0 Å². The quantitative estimate of drug-likeness (QED) is 0.852. The number of benzene rings is 1. The second kappa shape index (κ2) is 6.47. The highest BCUT2D eigenvalue weighted by Gasteiger charge is 2.26. The van der Waals surface area contributed by atoms with E-state index in [4.69, 9.17) is 9.84 Å². The Labute approximate surface area is 114 Å². The van der Waals surface area contributed by atoms with Crippen molar-refractivity contribution in [1.29, 1.82) is 0 Å². The van der Waals surface area contributed by atoms with Crippen LogP contribution in [0.2, 0.25) is 0 Å². The monoisotopic (exact) mass is 287 g/mol. The highest BCUT2D eigenvalue weighted by atomic mass is 32.2. The lowest BCUT2D eigenvalue weighted by Crippen LogP contribution is -2.38. The van der Waals surface area contributed by atoms with Crippen molar-refractivity contribution in [3.8, 4) is 0 Å². The van der Waals surface area contributed by atoms with Gasteiger partial charge in [-0.2, -0.15) is 4.31 Å². The smallest absolute Gasteiger partial charge is 0.243 e. The van der Waals surface area contributed by atoms with Gasteiger partial charge in [-0.3, -0.25) is 0 Å². The van der Waals surface area contributed by atoms with E-state index in [1.54, 1.807) is 26.0 Å². The van der Waals surface area contributed by atoms with Gasteiger partial charge in [-0.1, -0.05) is 12.1 Å². The van der Waals surface area contributed by atoms with Crippen molar-refractivity contribution in [1.82, 2.24) is 4.31 Å². The van der Waals surface area contributed by atoms with E-state index >= 15 is 0 Å². The van der Waals surface area contributed by atoms with Crippen molar-refractivity contribution < 1.29 is 18.3 Å². The number of aryl methyl sites for hydroxylation is 1. The predicted octanol–water partition coefficient (Wildman–Crippen LogP) is 1.14. The summed E-state index contributed by atoms with van der Waals surface area (Å²) in [5.74, 6) is 0. The molecule has 0 radical (unpaired) electrons. The van der Waals surface area contributed by atoms with Crippen molar-refractivity contribution in [2.75, 3.05) is 20.8 Å². The molecule has 1 rings (SSSR count). The van der Waals surface area contributed by atoms with E-state index < -0.39 is 10.0 Å². The van der Waals surface area contributed by atoms with Crippen LogP contribution in [0.1, 0.15) is 18.1 Å². The Morgan fingerprint density at radius 2 is 2.05 bits per heavy atom. The zero-order valence-electron chi connectivity index (χ0n) is 11.8. The summed E-state index contributed by atoms with van der Waals surface area (Å²) in [4.78, 5) is 0.226. The molecule has 0 saturated carbocycles. The fourth-order valence-electron chi connectivity index (χ4n) is 1.76. The zero-order valence-corrected chi connectivity index (χ0v) is 12.6. The van der Waals surface area contributed by atoms with E-state index in [2.05, 4.69) is 0 Å². The van der Waals surface area contributed by atoms with Crippen LogP contribution in [0.5, 0.6) is 0 Å². The third-order valence-corrected chi connectivity index (χ3v) is 5.23. The topological polar surface area (TPSA) is 66.8 Å². The average molecular weight is 287 g/mol. The van der Waals surface area contributed by atoms with E-state index in [1.807, 2.05) is 0 Å². The lowest BCUT2D eigenvalue weighted by molar-refractivity contribution is 0.149. The van der Waals surface area contributed by atoms with Crippen LogP contribution in [-0.4, -0.2) is 44.6 Å². The molecule has 1 N–H and O–H groups in total. The van der Waals surface area contributed by atoms with Gasteiger partial charge in [0.1, 0.15) is 0 Å². The normalized spacial score (nSPS) is 13.8. The third kappa shape index (κ3) is 3.54. The number of rotatable bonds is 6. The Balaban J connectivity index is 3.19. The van der Waals surface area contributed by atoms with Gasteiger partial charge in [0.25, 0.3) is 0 Å². The van der Waals surface area contributed by atoms with Gasteiger partial charge >= 0.3 is 0 Å². The van der Waals surface area contributed by atoms with Crippen LogP contribution in [0.25, 0.3) is 0 Å². The van der Waals surface area contributed by atoms with Crippen LogP contribution in [0.3, 0.4) is 0 Å². The van der Waals surface area contributed by atoms with Crippen LogP contribution in [-0.2, 0) is 21.4 Å². The highest BCUT2D eigenvalue weighted by Crippen LogP contribution is 2.22. The molecule has 0 aliphatic heterocycles. The summed E-state index contributed by atoms with van der Waals surface area (Å²) in [6.07, 6.45) is 0. The zero-order chi connectivity index (χ0) is 14.6. The summed E-state index contributed by atoms with van der Waals surface area (Å²) < 4.78 is 31.3. The van der Waals surface area contributed by atoms with E-state index in [0.717, 1.165) is 0 Å². The van der Waals surface area contributed by atoms with Gasteiger partial charge in [0.2, 0.25) is 10.0 Å². The van der Waals surface area contributed by atoms with Crippen LogP contribution >= 0.6 is 0 Å². The average Bonchev–Trinajstić information content (AvgIpc) is 2.38. The Morgan fingerprint density at radius 1 is 1.42 bits per heavy atom. The van der Waals surface area contributed by atoms with Crippen LogP contribution in [0, 0.1) is 6.92 Å². The second-order valence-corrected chi connectivity index (χ2v) is 6.55. The number of sulfonamides is 1. The van der Waals surface area contributed by atoms with Crippen molar-refractivity contribution in [3.05, 3.63) is 29.3 Å². The molecule has 0 amide bonds. The van der Waals surface area contributed by atoms with Crippen molar-refractivity contribution in [2.24, 2.45) is 0 Å². The summed E-state index contributed by atoms with van der Waals surface area (Å²) >= 11 is 0. The maximum absolute atomic E-state index is 12.5. The molecule has 1 unspecified atom stereocenters. The van der Waals surface area contributed by atoms with Gasteiger partial charge in [0.15, 0.2) is 0 Å². The maximum atomic E-state index is 12.5. The van der Waals surface area contributed by atoms with Gasteiger partial charge < -0.3 is 9.84 Å². The number of methoxy groups -OCH3 is 1. The Kier molecular flexibility index (Phi) is 5.49. The van der Waals surface area contributed by atoms with Gasteiger partial charge in [-0.25, -0.2) is 8.42 Å². The minimum absolute atomic E-state index is 0.180. The Bertz CT molecular complexity index is 527. The molecule has 0 saturated heterocycles. The molecule has 0 aromatic heterocycles. The first-order chi connectivity index (χ1) is 8.84. The van der Waals surface area contributed by atoms with E-state index in [0.29, 0.717) is 17.7 Å². The molecule has 1 aromatic rings. The SMILES string of the molecule is COCC(C)N(C)S(=O)(=O)c1cc(CO)ccc1C. The summed E-state index contributed by atoms with van der Waals surface area (Å²) in [6, 6.07) is 4.67. The second-order valence-electron chi connectivity index (χ2n) is 4.58. The molecular formula is C13H21NO4S. The molecule has 0 fully saturated rings. The molecule has 0 heterocycles. The molecule has 0 aliphatic carbocycles. The molecule has 0 spiro atoms. The molecule has 19 heavy (non-hydrogen) atoms. The number of hydrogen-bond acceptors (Lipinski definition) is 4. The first-order valence-corrected chi connectivity index (χ1v) is 7.46. The summed E-state index contributed by atoms with van der Waals surface area (Å²) in [5.41, 5.74) is 1.24. The van der Waals surface area contributed by atoms with Crippen LogP contribution < -0.4 is 0 Å². The first-order valence-electron chi connectivity index (χ1n) is 6.02. The van der Waals surface area contributed by atoms with Crippen molar-refractivity contribution >= 4 is 10.0 Å². The summed E-state index contributed by atoms with van der Waals surface area (Å²) in [5, 5.41) is 9.12. The largest absolute Gasteiger partial charge is 0.392 e. The number of likely N-dealkylation sites (N-methyl/N-ethyl adjacent to an activating group) is 1.